The van der Waals surface area contributed by atoms with Crippen LogP contribution in [-0.2, 0) is 27.0 Å². The van der Waals surface area contributed by atoms with Crippen molar-refractivity contribution >= 4 is 5.78 Å². The predicted octanol–water partition coefficient (Wildman–Crippen LogP) is 1.91. The molecule has 1 heterocycles. The highest BCUT2D eigenvalue weighted by Gasteiger charge is 2.53. The van der Waals surface area contributed by atoms with Gasteiger partial charge in [0.1, 0.15) is 12.4 Å². The second kappa shape index (κ2) is 3.91. The molecule has 0 spiro atoms. The monoisotopic (exact) mass is 236 g/mol. The molecule has 0 bridgehead atoms. The number of ketones is 1. The summed E-state index contributed by atoms with van der Waals surface area (Å²) in [6, 6.07) is 7.25. The third kappa shape index (κ3) is 1.69. The van der Waals surface area contributed by atoms with Crippen molar-refractivity contribution in [1.29, 1.82) is 0 Å². The van der Waals surface area contributed by atoms with E-state index in [0.29, 0.717) is 5.56 Å². The van der Waals surface area contributed by atoms with E-state index >= 15 is 0 Å². The molecule has 1 N–H and O–H groups in total. The molecule has 4 heteroatoms. The quantitative estimate of drug-likeness (QED) is 0.797. The van der Waals surface area contributed by atoms with Crippen molar-refractivity contribution in [2.24, 2.45) is 5.41 Å². The first-order valence-electron chi connectivity index (χ1n) is 5.52. The Morgan fingerprint density at radius 3 is 2.71 bits per heavy atom. The Labute approximate surface area is 100 Å². The summed E-state index contributed by atoms with van der Waals surface area (Å²) in [7, 11) is 0. The standard InChI is InChI=1S/C13H16O4/c1-9(14)12(2,3)13(15)11-7-5-4-6-10(11)8-16-17-13/h4-7,15H,8H2,1-3H3. The summed E-state index contributed by atoms with van der Waals surface area (Å²) in [5.41, 5.74) is 0.339. The molecule has 17 heavy (non-hydrogen) atoms. The number of carbonyl (C=O) groups is 1. The van der Waals surface area contributed by atoms with Gasteiger partial charge in [-0.05, 0) is 26.3 Å². The Hall–Kier alpha value is -1.23. The average molecular weight is 236 g/mol. The molecule has 4 nitrogen and oxygen atoms in total. The molecule has 0 aromatic heterocycles. The summed E-state index contributed by atoms with van der Waals surface area (Å²) < 4.78 is 0. The summed E-state index contributed by atoms with van der Waals surface area (Å²) in [5, 5.41) is 10.7. The van der Waals surface area contributed by atoms with Crippen molar-refractivity contribution in [2.45, 2.75) is 33.2 Å². The van der Waals surface area contributed by atoms with Crippen LogP contribution >= 0.6 is 0 Å². The summed E-state index contributed by atoms with van der Waals surface area (Å²) in [6.07, 6.45) is 0. The maximum absolute atomic E-state index is 11.7. The minimum absolute atomic E-state index is 0.166. The van der Waals surface area contributed by atoms with Gasteiger partial charge in [0.25, 0.3) is 0 Å². The zero-order valence-corrected chi connectivity index (χ0v) is 10.2. The van der Waals surface area contributed by atoms with Crippen LogP contribution in [0.2, 0.25) is 0 Å². The van der Waals surface area contributed by atoms with E-state index < -0.39 is 11.2 Å². The first-order chi connectivity index (χ1) is 7.89. The number of carbonyl (C=O) groups excluding carboxylic acids is 1. The highest BCUT2D eigenvalue weighted by atomic mass is 17.2. The minimum Gasteiger partial charge on any atom is -0.359 e. The third-order valence-electron chi connectivity index (χ3n) is 3.50. The van der Waals surface area contributed by atoms with Crippen molar-refractivity contribution in [3.63, 3.8) is 0 Å². The molecule has 1 unspecified atom stereocenters. The number of benzene rings is 1. The van der Waals surface area contributed by atoms with Crippen LogP contribution in [0.4, 0.5) is 0 Å². The van der Waals surface area contributed by atoms with Crippen LogP contribution in [0.25, 0.3) is 0 Å². The van der Waals surface area contributed by atoms with Crippen LogP contribution in [0.15, 0.2) is 24.3 Å². The van der Waals surface area contributed by atoms with Gasteiger partial charge in [0.05, 0.1) is 5.41 Å². The lowest BCUT2D eigenvalue weighted by Crippen LogP contribution is -2.50. The Morgan fingerprint density at radius 1 is 1.41 bits per heavy atom. The van der Waals surface area contributed by atoms with Gasteiger partial charge >= 0.3 is 0 Å². The molecule has 0 radical (unpaired) electrons. The van der Waals surface area contributed by atoms with Gasteiger partial charge in [0.2, 0.25) is 5.79 Å². The van der Waals surface area contributed by atoms with Crippen molar-refractivity contribution < 1.29 is 19.7 Å². The topological polar surface area (TPSA) is 55.8 Å². The molecular weight excluding hydrogens is 220 g/mol. The molecule has 2 rings (SSSR count). The molecule has 1 aliphatic rings. The van der Waals surface area contributed by atoms with Gasteiger partial charge < -0.3 is 5.11 Å². The van der Waals surface area contributed by atoms with Crippen molar-refractivity contribution in [3.8, 4) is 0 Å². The van der Waals surface area contributed by atoms with E-state index in [1.165, 1.54) is 6.92 Å². The Balaban J connectivity index is 2.57. The summed E-state index contributed by atoms with van der Waals surface area (Å²) >= 11 is 0. The van der Waals surface area contributed by atoms with Crippen LogP contribution in [0.1, 0.15) is 31.9 Å². The van der Waals surface area contributed by atoms with Crippen molar-refractivity contribution in [1.82, 2.24) is 0 Å². The summed E-state index contributed by atoms with van der Waals surface area (Å²) in [5.74, 6) is -1.91. The van der Waals surface area contributed by atoms with Crippen LogP contribution in [0.3, 0.4) is 0 Å². The van der Waals surface area contributed by atoms with Crippen LogP contribution < -0.4 is 0 Å². The smallest absolute Gasteiger partial charge is 0.237 e. The SMILES string of the molecule is CC(=O)C(C)(C)C1(O)OOCc2ccccc21. The zero-order chi connectivity index (χ0) is 12.7. The van der Waals surface area contributed by atoms with Crippen LogP contribution in [0, 0.1) is 5.41 Å². The van der Waals surface area contributed by atoms with Gasteiger partial charge in [-0.1, -0.05) is 24.3 Å². The molecule has 1 atom stereocenters. The Bertz CT molecular complexity index is 452. The second-order valence-corrected chi connectivity index (χ2v) is 4.83. The summed E-state index contributed by atoms with van der Waals surface area (Å²) in [6.45, 7) is 4.98. The first kappa shape index (κ1) is 12.2. The lowest BCUT2D eigenvalue weighted by Gasteiger charge is -2.42. The van der Waals surface area contributed by atoms with E-state index in [1.807, 2.05) is 12.1 Å². The highest BCUT2D eigenvalue weighted by molar-refractivity contribution is 5.83. The summed E-state index contributed by atoms with van der Waals surface area (Å²) in [4.78, 5) is 21.7. The minimum atomic E-state index is -1.74. The van der Waals surface area contributed by atoms with Gasteiger partial charge in [-0.2, -0.15) is 4.89 Å². The zero-order valence-electron chi connectivity index (χ0n) is 10.2. The molecule has 92 valence electrons. The fourth-order valence-corrected chi connectivity index (χ4v) is 1.88. The number of hydrogen-bond acceptors (Lipinski definition) is 4. The molecular formula is C13H16O4. The maximum Gasteiger partial charge on any atom is 0.237 e. The first-order valence-corrected chi connectivity index (χ1v) is 5.52. The van der Waals surface area contributed by atoms with E-state index in [2.05, 4.69) is 0 Å². The van der Waals surface area contributed by atoms with Crippen molar-refractivity contribution in [2.75, 3.05) is 0 Å². The van der Waals surface area contributed by atoms with E-state index in [0.717, 1.165) is 5.56 Å². The van der Waals surface area contributed by atoms with Gasteiger partial charge in [-0.25, -0.2) is 4.89 Å². The van der Waals surface area contributed by atoms with Gasteiger partial charge in [0, 0.05) is 5.56 Å². The molecule has 0 fully saturated rings. The molecule has 1 aliphatic heterocycles. The maximum atomic E-state index is 11.7. The molecule has 0 saturated carbocycles. The predicted molar refractivity (Wildman–Crippen MR) is 60.7 cm³/mol. The molecule has 0 aliphatic carbocycles. The van der Waals surface area contributed by atoms with E-state index in [-0.39, 0.29) is 12.4 Å². The average Bonchev–Trinajstić information content (AvgIpc) is 2.29. The second-order valence-electron chi connectivity index (χ2n) is 4.83. The lowest BCUT2D eigenvalue weighted by atomic mass is 9.75. The Kier molecular flexibility index (Phi) is 2.81. The van der Waals surface area contributed by atoms with Crippen molar-refractivity contribution in [3.05, 3.63) is 35.4 Å². The van der Waals surface area contributed by atoms with Crippen LogP contribution in [-0.4, -0.2) is 10.9 Å². The molecule has 0 saturated heterocycles. The van der Waals surface area contributed by atoms with Gasteiger partial charge in [-0.3, -0.25) is 4.79 Å². The van der Waals surface area contributed by atoms with E-state index in [9.17, 15) is 9.90 Å². The largest absolute Gasteiger partial charge is 0.359 e. The van der Waals surface area contributed by atoms with E-state index in [4.69, 9.17) is 9.78 Å². The number of hydrogen-bond donors (Lipinski definition) is 1. The number of rotatable bonds is 2. The lowest BCUT2D eigenvalue weighted by molar-refractivity contribution is -0.464. The Morgan fingerprint density at radius 2 is 2.06 bits per heavy atom. The highest BCUT2D eigenvalue weighted by Crippen LogP contribution is 2.45. The normalized spacial score (nSPS) is 24.2. The molecule has 1 aromatic rings. The fraction of sp³-hybridized carbons (Fsp3) is 0.462. The van der Waals surface area contributed by atoms with Gasteiger partial charge in [0.15, 0.2) is 0 Å². The third-order valence-corrected chi connectivity index (χ3v) is 3.50. The number of aliphatic hydroxyl groups is 1. The van der Waals surface area contributed by atoms with Gasteiger partial charge in [-0.15, -0.1) is 0 Å². The fourth-order valence-electron chi connectivity index (χ4n) is 1.88. The molecule has 1 aromatic carbocycles. The molecule has 0 amide bonds. The van der Waals surface area contributed by atoms with Crippen LogP contribution in [0.5, 0.6) is 0 Å². The number of fused-ring (bicyclic) bond motifs is 1. The number of Topliss-reactive ketones (excluding diaryl/α,β-unsaturated/α-hetero) is 1. The van der Waals surface area contributed by atoms with E-state index in [1.54, 1.807) is 26.0 Å².